The van der Waals surface area contributed by atoms with Crippen LogP contribution >= 0.6 is 12.4 Å². The van der Waals surface area contributed by atoms with Gasteiger partial charge in [0.25, 0.3) is 5.92 Å². The van der Waals surface area contributed by atoms with Crippen molar-refractivity contribution in [3.05, 3.63) is 0 Å². The molecule has 0 aromatic heterocycles. The van der Waals surface area contributed by atoms with Crippen LogP contribution in [-0.4, -0.2) is 42.9 Å². The highest BCUT2D eigenvalue weighted by atomic mass is 35.5. The summed E-state index contributed by atoms with van der Waals surface area (Å²) in [5.41, 5.74) is -1.00. The monoisotopic (exact) mass is 240 g/mol. The molecule has 0 radical (unpaired) electrons. The van der Waals surface area contributed by atoms with E-state index >= 15 is 0 Å². The summed E-state index contributed by atoms with van der Waals surface area (Å²) in [5, 5.41) is 2.95. The van der Waals surface area contributed by atoms with Crippen LogP contribution in [0.1, 0.15) is 13.3 Å². The Hall–Kier alpha value is -0.420. The number of alkyl halides is 2. The molecule has 0 saturated carbocycles. The Labute approximate surface area is 93.6 Å². The molecule has 2 heterocycles. The molecular formula is C9H15ClF2N2O. The molecule has 2 fully saturated rings. The van der Waals surface area contributed by atoms with Gasteiger partial charge in [-0.1, -0.05) is 0 Å². The minimum absolute atomic E-state index is 0. The van der Waals surface area contributed by atoms with Gasteiger partial charge >= 0.3 is 0 Å². The van der Waals surface area contributed by atoms with E-state index in [0.29, 0.717) is 19.5 Å². The van der Waals surface area contributed by atoms with Crippen LogP contribution in [0.25, 0.3) is 0 Å². The Morgan fingerprint density at radius 3 is 2.47 bits per heavy atom. The standard InChI is InChI=1S/C9H14F2N2O.ClH/c1-7(14)13-5-8(2-3-12-4-8)9(10,11)6-13;/h12H,2-6H2,1H3;1H. The molecule has 0 aromatic rings. The van der Waals surface area contributed by atoms with Gasteiger partial charge < -0.3 is 10.2 Å². The lowest BCUT2D eigenvalue weighted by molar-refractivity contribution is -0.129. The predicted molar refractivity (Wildman–Crippen MR) is 54.4 cm³/mol. The SMILES string of the molecule is CC(=O)N1CC(F)(F)C2(CCNC2)C1.Cl. The fourth-order valence-corrected chi connectivity index (χ4v) is 2.36. The minimum Gasteiger partial charge on any atom is -0.336 e. The van der Waals surface area contributed by atoms with Crippen LogP contribution in [0.15, 0.2) is 0 Å². The molecule has 2 aliphatic heterocycles. The van der Waals surface area contributed by atoms with Gasteiger partial charge in [0.2, 0.25) is 5.91 Å². The summed E-state index contributed by atoms with van der Waals surface area (Å²) in [4.78, 5) is 12.3. The highest BCUT2D eigenvalue weighted by Crippen LogP contribution is 2.47. The van der Waals surface area contributed by atoms with Crippen LogP contribution in [0.3, 0.4) is 0 Å². The molecule has 1 amide bonds. The van der Waals surface area contributed by atoms with Gasteiger partial charge in [0, 0.05) is 20.0 Å². The van der Waals surface area contributed by atoms with Gasteiger partial charge in [-0.25, -0.2) is 8.78 Å². The van der Waals surface area contributed by atoms with Crippen molar-refractivity contribution in [2.24, 2.45) is 5.41 Å². The zero-order chi connectivity index (χ0) is 10.4. The zero-order valence-corrected chi connectivity index (χ0v) is 9.37. The first-order chi connectivity index (χ1) is 6.47. The van der Waals surface area contributed by atoms with Crippen molar-refractivity contribution in [3.8, 4) is 0 Å². The van der Waals surface area contributed by atoms with Crippen molar-refractivity contribution in [1.29, 1.82) is 0 Å². The van der Waals surface area contributed by atoms with Gasteiger partial charge in [0.1, 0.15) is 0 Å². The number of rotatable bonds is 0. The first kappa shape index (κ1) is 12.6. The molecule has 0 aromatic carbocycles. The Morgan fingerprint density at radius 2 is 2.07 bits per heavy atom. The zero-order valence-electron chi connectivity index (χ0n) is 8.56. The first-order valence-electron chi connectivity index (χ1n) is 4.81. The molecule has 2 rings (SSSR count). The second-order valence-electron chi connectivity index (χ2n) is 4.29. The third kappa shape index (κ3) is 1.83. The average Bonchev–Trinajstić information content (AvgIpc) is 2.60. The normalized spacial score (nSPS) is 33.1. The van der Waals surface area contributed by atoms with Gasteiger partial charge in [-0.3, -0.25) is 4.79 Å². The summed E-state index contributed by atoms with van der Waals surface area (Å²) >= 11 is 0. The van der Waals surface area contributed by atoms with Crippen LogP contribution in [0.2, 0.25) is 0 Å². The third-order valence-electron chi connectivity index (χ3n) is 3.35. The number of carbonyl (C=O) groups is 1. The van der Waals surface area contributed by atoms with Crippen molar-refractivity contribution in [2.75, 3.05) is 26.2 Å². The lowest BCUT2D eigenvalue weighted by Crippen LogP contribution is -2.41. The van der Waals surface area contributed by atoms with E-state index < -0.39 is 17.9 Å². The van der Waals surface area contributed by atoms with E-state index in [-0.39, 0.29) is 24.9 Å². The number of halogens is 3. The number of amides is 1. The molecule has 1 spiro atoms. The minimum atomic E-state index is -2.73. The maximum atomic E-state index is 13.7. The molecule has 1 unspecified atom stereocenters. The van der Waals surface area contributed by atoms with Crippen LogP contribution < -0.4 is 5.32 Å². The molecule has 0 bridgehead atoms. The first-order valence-corrected chi connectivity index (χ1v) is 4.81. The van der Waals surface area contributed by atoms with Crippen molar-refractivity contribution >= 4 is 18.3 Å². The Balaban J connectivity index is 0.00000112. The summed E-state index contributed by atoms with van der Waals surface area (Å²) in [5.74, 6) is -2.99. The van der Waals surface area contributed by atoms with Gasteiger partial charge in [-0.15, -0.1) is 12.4 Å². The summed E-state index contributed by atoms with van der Waals surface area (Å²) in [6, 6.07) is 0. The third-order valence-corrected chi connectivity index (χ3v) is 3.35. The summed E-state index contributed by atoms with van der Waals surface area (Å²) in [6.07, 6.45) is 0.462. The second kappa shape index (κ2) is 3.87. The molecule has 3 nitrogen and oxygen atoms in total. The van der Waals surface area contributed by atoms with Crippen molar-refractivity contribution in [2.45, 2.75) is 19.3 Å². The lowest BCUT2D eigenvalue weighted by atomic mass is 9.83. The number of likely N-dealkylation sites (tertiary alicyclic amines) is 1. The van der Waals surface area contributed by atoms with E-state index in [4.69, 9.17) is 0 Å². The fourth-order valence-electron chi connectivity index (χ4n) is 2.36. The summed E-state index contributed by atoms with van der Waals surface area (Å²) in [6.45, 7) is 2.08. The number of nitrogens with one attached hydrogen (secondary N) is 1. The number of hydrogen-bond acceptors (Lipinski definition) is 2. The van der Waals surface area contributed by atoms with Crippen LogP contribution in [-0.2, 0) is 4.79 Å². The summed E-state index contributed by atoms with van der Waals surface area (Å²) < 4.78 is 27.4. The van der Waals surface area contributed by atoms with E-state index in [1.54, 1.807) is 0 Å². The highest BCUT2D eigenvalue weighted by Gasteiger charge is 2.61. The van der Waals surface area contributed by atoms with Gasteiger partial charge in [-0.2, -0.15) is 0 Å². The summed E-state index contributed by atoms with van der Waals surface area (Å²) in [7, 11) is 0. The van der Waals surface area contributed by atoms with Crippen LogP contribution in [0.5, 0.6) is 0 Å². The van der Waals surface area contributed by atoms with E-state index in [0.717, 1.165) is 0 Å². The van der Waals surface area contributed by atoms with E-state index in [1.807, 2.05) is 0 Å². The highest BCUT2D eigenvalue weighted by molar-refractivity contribution is 5.85. The lowest BCUT2D eigenvalue weighted by Gasteiger charge is -2.27. The Morgan fingerprint density at radius 1 is 1.40 bits per heavy atom. The quantitative estimate of drug-likeness (QED) is 0.682. The molecular weight excluding hydrogens is 226 g/mol. The molecule has 88 valence electrons. The predicted octanol–water partition coefficient (Wildman–Crippen LogP) is 0.885. The number of hydrogen-bond donors (Lipinski definition) is 1. The van der Waals surface area contributed by atoms with Crippen LogP contribution in [0.4, 0.5) is 8.78 Å². The average molecular weight is 241 g/mol. The molecule has 1 atom stereocenters. The maximum absolute atomic E-state index is 13.7. The van der Waals surface area contributed by atoms with Crippen LogP contribution in [0, 0.1) is 5.41 Å². The van der Waals surface area contributed by atoms with E-state index in [2.05, 4.69) is 5.32 Å². The molecule has 15 heavy (non-hydrogen) atoms. The molecule has 6 heteroatoms. The van der Waals surface area contributed by atoms with E-state index in [9.17, 15) is 13.6 Å². The Bertz CT molecular complexity index is 267. The molecule has 0 aliphatic carbocycles. The molecule has 1 N–H and O–H groups in total. The van der Waals surface area contributed by atoms with Crippen molar-refractivity contribution in [1.82, 2.24) is 10.2 Å². The van der Waals surface area contributed by atoms with E-state index in [1.165, 1.54) is 11.8 Å². The number of nitrogens with zero attached hydrogens (tertiary/aromatic N) is 1. The fraction of sp³-hybridized carbons (Fsp3) is 0.889. The van der Waals surface area contributed by atoms with Gasteiger partial charge in [0.05, 0.1) is 12.0 Å². The topological polar surface area (TPSA) is 32.3 Å². The maximum Gasteiger partial charge on any atom is 0.273 e. The molecule has 2 aliphatic rings. The smallest absolute Gasteiger partial charge is 0.273 e. The van der Waals surface area contributed by atoms with Gasteiger partial charge in [-0.05, 0) is 13.0 Å². The second-order valence-corrected chi connectivity index (χ2v) is 4.29. The molecule has 2 saturated heterocycles. The van der Waals surface area contributed by atoms with Gasteiger partial charge in [0.15, 0.2) is 0 Å². The largest absolute Gasteiger partial charge is 0.336 e. The number of carbonyl (C=O) groups excluding carboxylic acids is 1. The van der Waals surface area contributed by atoms with Crippen molar-refractivity contribution < 1.29 is 13.6 Å². The van der Waals surface area contributed by atoms with Crippen molar-refractivity contribution in [3.63, 3.8) is 0 Å². The Kier molecular flexibility index (Phi) is 3.26.